The maximum Gasteiger partial charge on any atom is 0.349 e. The van der Waals surface area contributed by atoms with Crippen LogP contribution in [-0.2, 0) is 22.4 Å². The van der Waals surface area contributed by atoms with Gasteiger partial charge in [0.2, 0.25) is 0 Å². The van der Waals surface area contributed by atoms with E-state index in [1.54, 1.807) is 13.8 Å². The summed E-state index contributed by atoms with van der Waals surface area (Å²) >= 11 is 1.09. The number of fused-ring (bicyclic) bond motifs is 2. The van der Waals surface area contributed by atoms with Crippen LogP contribution in [0.1, 0.15) is 45.5 Å². The van der Waals surface area contributed by atoms with Gasteiger partial charge in [0, 0.05) is 5.69 Å². The highest BCUT2D eigenvalue weighted by molar-refractivity contribution is 7.20. The number of H-pyrrole nitrogens is 1. The molecule has 8 heteroatoms. The standard InChI is InChI=1S/C21H21N3O4S/c1-10-16-19(26)22-12(3)23-20(16)29-17(10)21(27)28-11(2)18(25)24-15-8-7-13-5-4-6-14(13)9-15/h7-9,11H,4-6H2,1-3H3,(H,24,25)(H,22,23,26)/t11-/m1/s1. The van der Waals surface area contributed by atoms with Crippen LogP contribution in [0, 0.1) is 13.8 Å². The summed E-state index contributed by atoms with van der Waals surface area (Å²) in [4.78, 5) is 44.9. The monoisotopic (exact) mass is 411 g/mol. The van der Waals surface area contributed by atoms with Crippen LogP contribution >= 0.6 is 11.3 Å². The van der Waals surface area contributed by atoms with Crippen LogP contribution in [0.15, 0.2) is 23.0 Å². The zero-order chi connectivity index (χ0) is 20.7. The topological polar surface area (TPSA) is 101 Å². The number of thiophene rings is 1. The summed E-state index contributed by atoms with van der Waals surface area (Å²) < 4.78 is 5.36. The zero-order valence-electron chi connectivity index (χ0n) is 16.4. The van der Waals surface area contributed by atoms with Crippen molar-refractivity contribution in [3.05, 3.63) is 55.9 Å². The first-order valence-electron chi connectivity index (χ1n) is 9.47. The van der Waals surface area contributed by atoms with Gasteiger partial charge in [0.05, 0.1) is 5.39 Å². The number of hydrogen-bond acceptors (Lipinski definition) is 6. The Morgan fingerprint density at radius 1 is 1.24 bits per heavy atom. The van der Waals surface area contributed by atoms with Gasteiger partial charge in [0.25, 0.3) is 11.5 Å². The molecule has 150 valence electrons. The van der Waals surface area contributed by atoms with Crippen LogP contribution in [0.5, 0.6) is 0 Å². The second-order valence-electron chi connectivity index (χ2n) is 7.26. The minimum Gasteiger partial charge on any atom is -0.448 e. The number of ether oxygens (including phenoxy) is 1. The smallest absolute Gasteiger partial charge is 0.349 e. The maximum atomic E-state index is 12.6. The SMILES string of the molecule is Cc1nc2sc(C(=O)O[C@H](C)C(=O)Nc3ccc4c(c3)CCC4)c(C)c2c(=O)[nH]1. The summed E-state index contributed by atoms with van der Waals surface area (Å²) in [5.41, 5.74) is 3.49. The van der Waals surface area contributed by atoms with Gasteiger partial charge in [0.15, 0.2) is 6.10 Å². The van der Waals surface area contributed by atoms with Crippen molar-refractivity contribution in [1.82, 2.24) is 9.97 Å². The van der Waals surface area contributed by atoms with Crippen molar-refractivity contribution in [2.45, 2.75) is 46.1 Å². The molecule has 1 aliphatic carbocycles. The molecule has 4 rings (SSSR count). The maximum absolute atomic E-state index is 12.6. The molecular formula is C21H21N3O4S. The molecule has 0 unspecified atom stereocenters. The molecule has 3 aromatic rings. The van der Waals surface area contributed by atoms with Crippen LogP contribution in [-0.4, -0.2) is 27.9 Å². The fraction of sp³-hybridized carbons (Fsp3) is 0.333. The molecular weight excluding hydrogens is 390 g/mol. The summed E-state index contributed by atoms with van der Waals surface area (Å²) in [5, 5.41) is 3.18. The summed E-state index contributed by atoms with van der Waals surface area (Å²) in [5.74, 6) is -0.563. The lowest BCUT2D eigenvalue weighted by Gasteiger charge is -2.14. The molecule has 1 atom stereocenters. The molecule has 1 aliphatic rings. The van der Waals surface area contributed by atoms with Gasteiger partial charge in [-0.2, -0.15) is 0 Å². The first kappa shape index (κ1) is 19.3. The zero-order valence-corrected chi connectivity index (χ0v) is 17.2. The van der Waals surface area contributed by atoms with E-state index in [1.165, 1.54) is 18.1 Å². The van der Waals surface area contributed by atoms with Crippen molar-refractivity contribution in [2.24, 2.45) is 0 Å². The van der Waals surface area contributed by atoms with Gasteiger partial charge >= 0.3 is 5.97 Å². The van der Waals surface area contributed by atoms with Crippen LogP contribution in [0.4, 0.5) is 5.69 Å². The van der Waals surface area contributed by atoms with Gasteiger partial charge in [0.1, 0.15) is 15.5 Å². The van der Waals surface area contributed by atoms with E-state index >= 15 is 0 Å². The predicted molar refractivity (Wildman–Crippen MR) is 112 cm³/mol. The number of carbonyl (C=O) groups excluding carboxylic acids is 2. The van der Waals surface area contributed by atoms with Gasteiger partial charge in [-0.05, 0) is 68.9 Å². The molecule has 2 aromatic heterocycles. The van der Waals surface area contributed by atoms with Gasteiger partial charge in [-0.15, -0.1) is 11.3 Å². The highest BCUT2D eigenvalue weighted by Crippen LogP contribution is 2.28. The number of carbonyl (C=O) groups is 2. The van der Waals surface area contributed by atoms with Crippen molar-refractivity contribution in [2.75, 3.05) is 5.32 Å². The number of aryl methyl sites for hydroxylation is 4. The molecule has 0 spiro atoms. The van der Waals surface area contributed by atoms with Crippen molar-refractivity contribution in [3.8, 4) is 0 Å². The number of aromatic amines is 1. The first-order valence-corrected chi connectivity index (χ1v) is 10.3. The van der Waals surface area contributed by atoms with Crippen LogP contribution in [0.2, 0.25) is 0 Å². The van der Waals surface area contributed by atoms with E-state index in [4.69, 9.17) is 4.74 Å². The number of amides is 1. The third-order valence-corrected chi connectivity index (χ3v) is 6.29. The summed E-state index contributed by atoms with van der Waals surface area (Å²) in [6.45, 7) is 4.88. The van der Waals surface area contributed by atoms with Crippen LogP contribution in [0.3, 0.4) is 0 Å². The fourth-order valence-electron chi connectivity index (χ4n) is 3.61. The van der Waals surface area contributed by atoms with Crippen molar-refractivity contribution < 1.29 is 14.3 Å². The largest absolute Gasteiger partial charge is 0.448 e. The van der Waals surface area contributed by atoms with Crippen molar-refractivity contribution in [1.29, 1.82) is 0 Å². The Morgan fingerprint density at radius 2 is 2.00 bits per heavy atom. The van der Waals surface area contributed by atoms with E-state index in [0.717, 1.165) is 30.6 Å². The summed E-state index contributed by atoms with van der Waals surface area (Å²) in [6, 6.07) is 5.87. The molecule has 29 heavy (non-hydrogen) atoms. The summed E-state index contributed by atoms with van der Waals surface area (Å²) in [7, 11) is 0. The molecule has 0 fully saturated rings. The molecule has 0 saturated carbocycles. The normalized spacial score (nSPS) is 13.9. The molecule has 0 saturated heterocycles. The van der Waals surface area contributed by atoms with E-state index in [9.17, 15) is 14.4 Å². The highest BCUT2D eigenvalue weighted by Gasteiger charge is 2.24. The molecule has 7 nitrogen and oxygen atoms in total. The number of anilines is 1. The van der Waals surface area contributed by atoms with Crippen molar-refractivity contribution in [3.63, 3.8) is 0 Å². The van der Waals surface area contributed by atoms with Gasteiger partial charge in [-0.1, -0.05) is 6.07 Å². The second kappa shape index (κ2) is 7.44. The summed E-state index contributed by atoms with van der Waals surface area (Å²) in [6.07, 6.45) is 2.24. The Labute approximate surface area is 171 Å². The van der Waals surface area contributed by atoms with E-state index in [1.807, 2.05) is 18.2 Å². The number of rotatable bonds is 4. The lowest BCUT2D eigenvalue weighted by molar-refractivity contribution is -0.123. The Hall–Kier alpha value is -3.00. The minimum absolute atomic E-state index is 0.279. The number of nitrogens with zero attached hydrogens (tertiary/aromatic N) is 1. The van der Waals surface area contributed by atoms with Crippen LogP contribution in [0.25, 0.3) is 10.2 Å². The Kier molecular flexibility index (Phi) is 4.96. The number of hydrogen-bond donors (Lipinski definition) is 2. The van der Waals surface area contributed by atoms with E-state index in [-0.39, 0.29) is 10.4 Å². The second-order valence-corrected chi connectivity index (χ2v) is 8.26. The lowest BCUT2D eigenvalue weighted by Crippen LogP contribution is -2.30. The Morgan fingerprint density at radius 3 is 2.79 bits per heavy atom. The van der Waals surface area contributed by atoms with Gasteiger partial charge in [-0.25, -0.2) is 9.78 Å². The molecule has 2 N–H and O–H groups in total. The van der Waals surface area contributed by atoms with E-state index in [2.05, 4.69) is 15.3 Å². The number of esters is 1. The minimum atomic E-state index is -0.978. The molecule has 1 amide bonds. The molecule has 0 radical (unpaired) electrons. The average Bonchev–Trinajstić information content (AvgIpc) is 3.25. The lowest BCUT2D eigenvalue weighted by atomic mass is 10.1. The Balaban J connectivity index is 1.48. The van der Waals surface area contributed by atoms with Gasteiger partial charge in [-0.3, -0.25) is 9.59 Å². The van der Waals surface area contributed by atoms with Crippen LogP contribution < -0.4 is 10.9 Å². The molecule has 0 aliphatic heterocycles. The number of nitrogens with one attached hydrogen (secondary N) is 2. The van der Waals surface area contributed by atoms with E-state index in [0.29, 0.717) is 27.3 Å². The average molecular weight is 411 g/mol. The number of benzene rings is 1. The van der Waals surface area contributed by atoms with E-state index < -0.39 is 18.0 Å². The quantitative estimate of drug-likeness (QED) is 0.642. The predicted octanol–water partition coefficient (Wildman–Crippen LogP) is 3.27. The molecule has 2 heterocycles. The third kappa shape index (κ3) is 3.67. The first-order chi connectivity index (χ1) is 13.8. The Bertz CT molecular complexity index is 1190. The fourth-order valence-corrected chi connectivity index (χ4v) is 4.72. The number of aromatic nitrogens is 2. The van der Waals surface area contributed by atoms with Gasteiger partial charge < -0.3 is 15.0 Å². The molecule has 0 bridgehead atoms. The van der Waals surface area contributed by atoms with Crippen molar-refractivity contribution >= 4 is 39.1 Å². The highest BCUT2D eigenvalue weighted by atomic mass is 32.1. The third-order valence-electron chi connectivity index (χ3n) is 5.12. The molecule has 1 aromatic carbocycles.